The Morgan fingerprint density at radius 1 is 0.964 bits per heavy atom. The highest BCUT2D eigenvalue weighted by atomic mass is 16.6. The first-order valence-corrected chi connectivity index (χ1v) is 8.57. The van der Waals surface area contributed by atoms with Gasteiger partial charge in [0.15, 0.2) is 17.2 Å². The Morgan fingerprint density at radius 2 is 1.57 bits per heavy atom. The Kier molecular flexibility index (Phi) is 5.54. The first kappa shape index (κ1) is 19.3. The summed E-state index contributed by atoms with van der Waals surface area (Å²) in [5.74, 6) is 1.02. The highest BCUT2D eigenvalue weighted by Gasteiger charge is 2.26. The average Bonchev–Trinajstić information content (AvgIpc) is 3.07. The fourth-order valence-corrected chi connectivity index (χ4v) is 2.76. The van der Waals surface area contributed by atoms with E-state index in [0.29, 0.717) is 22.8 Å². The van der Waals surface area contributed by atoms with Crippen molar-refractivity contribution in [1.82, 2.24) is 0 Å². The highest BCUT2D eigenvalue weighted by Crippen LogP contribution is 2.39. The van der Waals surface area contributed by atoms with Crippen molar-refractivity contribution in [1.29, 1.82) is 0 Å². The Morgan fingerprint density at radius 3 is 2.07 bits per heavy atom. The quantitative estimate of drug-likeness (QED) is 0.565. The minimum absolute atomic E-state index is 0.181. The van der Waals surface area contributed by atoms with Crippen LogP contribution in [0.1, 0.15) is 11.1 Å². The molecule has 0 bridgehead atoms. The molecule has 0 atom stereocenters. The first-order valence-electron chi connectivity index (χ1n) is 8.57. The summed E-state index contributed by atoms with van der Waals surface area (Å²) in [5, 5.41) is 0. The summed E-state index contributed by atoms with van der Waals surface area (Å²) in [6, 6.07) is 11.1. The largest absolute Gasteiger partial charge is 0.493 e. The number of carbonyl (C=O) groups is 1. The van der Waals surface area contributed by atoms with E-state index in [9.17, 15) is 4.79 Å². The van der Waals surface area contributed by atoms with Crippen molar-refractivity contribution in [2.24, 2.45) is 4.99 Å². The first-order chi connectivity index (χ1) is 13.5. The molecule has 0 saturated heterocycles. The van der Waals surface area contributed by atoms with Gasteiger partial charge in [-0.15, -0.1) is 0 Å². The summed E-state index contributed by atoms with van der Waals surface area (Å²) in [4.78, 5) is 18.6. The molecule has 1 aliphatic heterocycles. The normalized spacial score (nSPS) is 14.5. The number of esters is 1. The van der Waals surface area contributed by atoms with Gasteiger partial charge in [-0.3, -0.25) is 0 Å². The van der Waals surface area contributed by atoms with Crippen molar-refractivity contribution in [3.8, 4) is 17.2 Å². The van der Waals surface area contributed by atoms with Crippen LogP contribution in [0.2, 0.25) is 0 Å². The Hall–Kier alpha value is -3.48. The SMILES string of the molecule is COc1cc(C2=N/C(=C/c3ccc(N(C)C)cc3)C(=O)O2)cc(OC)c1OC. The Labute approximate surface area is 163 Å². The van der Waals surface area contributed by atoms with Crippen LogP contribution >= 0.6 is 0 Å². The van der Waals surface area contributed by atoms with Gasteiger partial charge in [0, 0.05) is 25.3 Å². The van der Waals surface area contributed by atoms with Gasteiger partial charge in [-0.25, -0.2) is 9.79 Å². The van der Waals surface area contributed by atoms with Crippen molar-refractivity contribution in [2.75, 3.05) is 40.3 Å². The average molecular weight is 382 g/mol. The molecule has 0 fully saturated rings. The zero-order valence-corrected chi connectivity index (χ0v) is 16.5. The van der Waals surface area contributed by atoms with Crippen LogP contribution in [0.15, 0.2) is 47.1 Å². The fourth-order valence-electron chi connectivity index (χ4n) is 2.76. The molecule has 7 nitrogen and oxygen atoms in total. The molecule has 1 aliphatic rings. The molecule has 3 rings (SSSR count). The van der Waals surface area contributed by atoms with E-state index >= 15 is 0 Å². The summed E-state index contributed by atoms with van der Waals surface area (Å²) >= 11 is 0. The molecule has 2 aromatic rings. The third-order valence-electron chi connectivity index (χ3n) is 4.25. The molecule has 146 valence electrons. The maximum atomic E-state index is 12.3. The van der Waals surface area contributed by atoms with E-state index in [1.807, 2.05) is 43.3 Å². The molecule has 0 unspecified atom stereocenters. The molecule has 1 heterocycles. The molecule has 0 radical (unpaired) electrons. The molecule has 0 N–H and O–H groups in total. The number of hydrogen-bond acceptors (Lipinski definition) is 7. The summed E-state index contributed by atoms with van der Waals surface area (Å²) < 4.78 is 21.3. The number of nitrogens with zero attached hydrogens (tertiary/aromatic N) is 2. The van der Waals surface area contributed by atoms with Gasteiger partial charge in [0.2, 0.25) is 11.6 Å². The molecule has 2 aromatic carbocycles. The lowest BCUT2D eigenvalue weighted by molar-refractivity contribution is -0.129. The van der Waals surface area contributed by atoms with Crippen LogP contribution in [-0.2, 0) is 9.53 Å². The van der Waals surface area contributed by atoms with Crippen LogP contribution in [-0.4, -0.2) is 47.3 Å². The van der Waals surface area contributed by atoms with E-state index in [1.165, 1.54) is 21.3 Å². The number of methoxy groups -OCH3 is 3. The molecular weight excluding hydrogens is 360 g/mol. The van der Waals surface area contributed by atoms with Crippen LogP contribution < -0.4 is 19.1 Å². The second-order valence-corrected chi connectivity index (χ2v) is 6.24. The molecule has 28 heavy (non-hydrogen) atoms. The maximum absolute atomic E-state index is 12.3. The lowest BCUT2D eigenvalue weighted by Gasteiger charge is -2.13. The van der Waals surface area contributed by atoms with Gasteiger partial charge in [-0.05, 0) is 35.9 Å². The van der Waals surface area contributed by atoms with Gasteiger partial charge in [-0.1, -0.05) is 12.1 Å². The predicted octanol–water partition coefficient (Wildman–Crippen LogP) is 3.12. The van der Waals surface area contributed by atoms with Crippen LogP contribution in [0.5, 0.6) is 17.2 Å². The van der Waals surface area contributed by atoms with Gasteiger partial charge in [0.25, 0.3) is 0 Å². The van der Waals surface area contributed by atoms with Crippen LogP contribution in [0.4, 0.5) is 5.69 Å². The molecule has 7 heteroatoms. The van der Waals surface area contributed by atoms with E-state index in [0.717, 1.165) is 11.3 Å². The molecule has 0 saturated carbocycles. The van der Waals surface area contributed by atoms with Gasteiger partial charge < -0.3 is 23.8 Å². The van der Waals surface area contributed by atoms with Crippen molar-refractivity contribution in [3.63, 3.8) is 0 Å². The minimum atomic E-state index is -0.513. The van der Waals surface area contributed by atoms with Crippen molar-refractivity contribution >= 4 is 23.6 Å². The highest BCUT2D eigenvalue weighted by molar-refractivity contribution is 6.13. The predicted molar refractivity (Wildman–Crippen MR) is 107 cm³/mol. The van der Waals surface area contributed by atoms with Crippen molar-refractivity contribution in [2.45, 2.75) is 0 Å². The lowest BCUT2D eigenvalue weighted by Crippen LogP contribution is -2.08. The second-order valence-electron chi connectivity index (χ2n) is 6.24. The number of carbonyl (C=O) groups excluding carboxylic acids is 1. The third kappa shape index (κ3) is 3.78. The Bertz CT molecular complexity index is 921. The van der Waals surface area contributed by atoms with Crippen LogP contribution in [0.25, 0.3) is 6.08 Å². The second kappa shape index (κ2) is 8.04. The zero-order valence-electron chi connectivity index (χ0n) is 16.5. The summed E-state index contributed by atoms with van der Waals surface area (Å²) in [6.45, 7) is 0. The number of anilines is 1. The number of aliphatic imine (C=N–C) groups is 1. The van der Waals surface area contributed by atoms with Gasteiger partial charge >= 0.3 is 5.97 Å². The van der Waals surface area contributed by atoms with Gasteiger partial charge in [0.1, 0.15) is 0 Å². The summed E-state index contributed by atoms with van der Waals surface area (Å²) in [7, 11) is 8.50. The smallest absolute Gasteiger partial charge is 0.363 e. The molecular formula is C21H22N2O5. The standard InChI is InChI=1S/C21H22N2O5/c1-23(2)15-8-6-13(7-9-15)10-16-21(24)28-20(22-16)14-11-17(25-3)19(27-5)18(12-14)26-4/h6-12H,1-5H3/b16-10+. The Balaban J connectivity index is 1.95. The zero-order chi connectivity index (χ0) is 20.3. The monoisotopic (exact) mass is 382 g/mol. The van der Waals surface area contributed by atoms with E-state index in [-0.39, 0.29) is 11.6 Å². The van der Waals surface area contributed by atoms with Gasteiger partial charge in [0.05, 0.1) is 21.3 Å². The van der Waals surface area contributed by atoms with Crippen LogP contribution in [0, 0.1) is 0 Å². The number of cyclic esters (lactones) is 1. The number of benzene rings is 2. The lowest BCUT2D eigenvalue weighted by atomic mass is 10.1. The molecule has 0 amide bonds. The van der Waals surface area contributed by atoms with Crippen molar-refractivity contribution < 1.29 is 23.7 Å². The fraction of sp³-hybridized carbons (Fsp3) is 0.238. The summed E-state index contributed by atoms with van der Waals surface area (Å²) in [5.41, 5.74) is 2.70. The van der Waals surface area contributed by atoms with Gasteiger partial charge in [-0.2, -0.15) is 0 Å². The van der Waals surface area contributed by atoms with E-state index in [2.05, 4.69) is 4.99 Å². The van der Waals surface area contributed by atoms with E-state index in [4.69, 9.17) is 18.9 Å². The summed E-state index contributed by atoms with van der Waals surface area (Å²) in [6.07, 6.45) is 1.69. The minimum Gasteiger partial charge on any atom is -0.493 e. The topological polar surface area (TPSA) is 69.6 Å². The third-order valence-corrected chi connectivity index (χ3v) is 4.25. The molecule has 0 spiro atoms. The molecule has 0 aliphatic carbocycles. The van der Waals surface area contributed by atoms with Crippen LogP contribution in [0.3, 0.4) is 0 Å². The van der Waals surface area contributed by atoms with E-state index < -0.39 is 5.97 Å². The number of hydrogen-bond donors (Lipinski definition) is 0. The van der Waals surface area contributed by atoms with Crippen molar-refractivity contribution in [3.05, 3.63) is 53.2 Å². The number of ether oxygens (including phenoxy) is 4. The van der Waals surface area contributed by atoms with E-state index in [1.54, 1.807) is 18.2 Å². The maximum Gasteiger partial charge on any atom is 0.363 e. The molecule has 0 aromatic heterocycles. The number of rotatable bonds is 6.